The molecule has 1 spiro atoms. The van der Waals surface area contributed by atoms with Gasteiger partial charge in [0.05, 0.1) is 17.0 Å². The third kappa shape index (κ3) is 3.84. The number of anilines is 1. The van der Waals surface area contributed by atoms with E-state index >= 15 is 0 Å². The zero-order valence-corrected chi connectivity index (χ0v) is 15.5. The van der Waals surface area contributed by atoms with Gasteiger partial charge < -0.3 is 20.4 Å². The number of aromatic nitrogens is 1. The van der Waals surface area contributed by atoms with Crippen molar-refractivity contribution in [2.45, 2.75) is 25.4 Å². The lowest BCUT2D eigenvalue weighted by Gasteiger charge is -2.47. The van der Waals surface area contributed by atoms with Gasteiger partial charge >= 0.3 is 0 Å². The molecule has 144 valence electrons. The predicted octanol–water partition coefficient (Wildman–Crippen LogP) is 2.06. The number of nitrogens with zero attached hydrogens (tertiary/aromatic N) is 2. The summed E-state index contributed by atoms with van der Waals surface area (Å²) < 4.78 is 0. The fourth-order valence-electron chi connectivity index (χ4n) is 3.90. The monoisotopic (exact) mass is 391 g/mol. The molecule has 0 bridgehead atoms. The Labute approximate surface area is 162 Å². The summed E-state index contributed by atoms with van der Waals surface area (Å²) in [5, 5.41) is 22.0. The molecular formula is C19H22ClN3O4. The van der Waals surface area contributed by atoms with Gasteiger partial charge in [0.1, 0.15) is 5.82 Å². The van der Waals surface area contributed by atoms with Crippen LogP contribution < -0.4 is 10.2 Å². The van der Waals surface area contributed by atoms with Gasteiger partial charge in [-0.3, -0.25) is 9.59 Å². The first kappa shape index (κ1) is 19.4. The molecule has 0 saturated carbocycles. The summed E-state index contributed by atoms with van der Waals surface area (Å²) in [6.07, 6.45) is 1.61. The van der Waals surface area contributed by atoms with Gasteiger partial charge in [0.25, 0.3) is 6.47 Å². The quantitative estimate of drug-likeness (QED) is 0.643. The summed E-state index contributed by atoms with van der Waals surface area (Å²) in [7, 11) is 0. The number of aliphatic hydroxyl groups is 1. The van der Waals surface area contributed by atoms with E-state index in [9.17, 15) is 9.90 Å². The van der Waals surface area contributed by atoms with Gasteiger partial charge in [0.2, 0.25) is 5.91 Å². The van der Waals surface area contributed by atoms with Crippen LogP contribution in [0.5, 0.6) is 0 Å². The van der Waals surface area contributed by atoms with Crippen LogP contribution in [0.4, 0.5) is 5.82 Å². The number of piperidine rings is 2. The highest BCUT2D eigenvalue weighted by Crippen LogP contribution is 2.38. The van der Waals surface area contributed by atoms with Crippen molar-refractivity contribution in [1.82, 2.24) is 10.3 Å². The average Bonchev–Trinajstić information content (AvgIpc) is 2.66. The number of aliphatic hydroxyl groups excluding tert-OH is 1. The van der Waals surface area contributed by atoms with Crippen molar-refractivity contribution >= 4 is 40.7 Å². The first-order chi connectivity index (χ1) is 13.0. The lowest BCUT2D eigenvalue weighted by Crippen LogP contribution is -2.61. The van der Waals surface area contributed by atoms with E-state index in [1.54, 1.807) is 0 Å². The zero-order valence-electron chi connectivity index (χ0n) is 14.8. The molecule has 2 saturated heterocycles. The maximum absolute atomic E-state index is 12.5. The molecule has 8 heteroatoms. The summed E-state index contributed by atoms with van der Waals surface area (Å²) in [6, 6.07) is 9.59. The second-order valence-electron chi connectivity index (χ2n) is 6.85. The van der Waals surface area contributed by atoms with Crippen LogP contribution in [-0.2, 0) is 9.59 Å². The van der Waals surface area contributed by atoms with Gasteiger partial charge in [-0.15, -0.1) is 0 Å². The highest BCUT2D eigenvalue weighted by molar-refractivity contribution is 6.31. The minimum absolute atomic E-state index is 0.0291. The first-order valence-corrected chi connectivity index (χ1v) is 9.23. The van der Waals surface area contributed by atoms with Gasteiger partial charge in [-0.1, -0.05) is 11.6 Å². The van der Waals surface area contributed by atoms with Crippen molar-refractivity contribution in [2.24, 2.45) is 5.41 Å². The average molecular weight is 392 g/mol. The number of pyridine rings is 1. The molecule has 3 N–H and O–H groups in total. The van der Waals surface area contributed by atoms with Crippen LogP contribution in [0.2, 0.25) is 5.02 Å². The summed E-state index contributed by atoms with van der Waals surface area (Å²) in [4.78, 5) is 27.7. The summed E-state index contributed by atoms with van der Waals surface area (Å²) in [6.45, 7) is 1.65. The molecule has 3 heterocycles. The fourth-order valence-corrected chi connectivity index (χ4v) is 4.08. The number of carbonyl (C=O) groups is 2. The summed E-state index contributed by atoms with van der Waals surface area (Å²) in [5.41, 5.74) is 0.165. The number of hydrogen-bond acceptors (Lipinski definition) is 5. The lowest BCUT2D eigenvalue weighted by molar-refractivity contribution is -0.142. The van der Waals surface area contributed by atoms with Crippen molar-refractivity contribution in [3.63, 3.8) is 0 Å². The second kappa shape index (κ2) is 8.10. The van der Waals surface area contributed by atoms with Crippen molar-refractivity contribution in [1.29, 1.82) is 0 Å². The van der Waals surface area contributed by atoms with Crippen molar-refractivity contribution < 1.29 is 19.8 Å². The largest absolute Gasteiger partial charge is 0.483 e. The maximum atomic E-state index is 12.5. The SMILES string of the molecule is O=C1NCCC[C@]12CN(c1ccc3cc(Cl)ccc3n1)CC[C@H]2O.O=CO. The highest BCUT2D eigenvalue weighted by atomic mass is 35.5. The minimum Gasteiger partial charge on any atom is -0.483 e. The molecule has 0 radical (unpaired) electrons. The van der Waals surface area contributed by atoms with E-state index in [1.807, 2.05) is 30.3 Å². The Balaban J connectivity index is 0.000000659. The molecule has 2 atom stereocenters. The van der Waals surface area contributed by atoms with Gasteiger partial charge in [-0.05, 0) is 49.6 Å². The number of carbonyl (C=O) groups excluding carboxylic acids is 1. The molecule has 2 fully saturated rings. The molecule has 7 nitrogen and oxygen atoms in total. The summed E-state index contributed by atoms with van der Waals surface area (Å²) >= 11 is 6.03. The van der Waals surface area contributed by atoms with E-state index in [2.05, 4.69) is 10.2 Å². The Bertz CT molecular complexity index is 847. The molecule has 0 unspecified atom stereocenters. The molecule has 1 amide bonds. The molecule has 0 aliphatic carbocycles. The minimum atomic E-state index is -0.715. The molecule has 4 rings (SSSR count). The Hall–Kier alpha value is -2.38. The number of carboxylic acid groups (broad SMARTS) is 1. The number of fused-ring (bicyclic) bond motifs is 1. The summed E-state index contributed by atoms with van der Waals surface area (Å²) in [5.74, 6) is 0.813. The smallest absolute Gasteiger partial charge is 0.290 e. The predicted molar refractivity (Wildman–Crippen MR) is 103 cm³/mol. The van der Waals surface area contributed by atoms with Crippen molar-refractivity contribution in [3.05, 3.63) is 35.4 Å². The second-order valence-corrected chi connectivity index (χ2v) is 7.29. The standard InChI is InChI=1S/C18H20ClN3O2.CH2O2/c19-13-3-4-14-12(10-13)2-5-16(21-14)22-9-6-15(23)18(11-22)7-1-8-20-17(18)24;2-1-3/h2-5,10,15,23H,1,6-9,11H2,(H,20,24);1H,(H,2,3)/t15-,18-;/m1./s1. The van der Waals surface area contributed by atoms with Gasteiger partial charge in [0.15, 0.2) is 0 Å². The van der Waals surface area contributed by atoms with E-state index < -0.39 is 11.5 Å². The van der Waals surface area contributed by atoms with Crippen molar-refractivity contribution in [3.8, 4) is 0 Å². The fraction of sp³-hybridized carbons (Fsp3) is 0.421. The molecule has 1 aromatic carbocycles. The number of halogens is 1. The lowest BCUT2D eigenvalue weighted by atomic mass is 9.71. The topological polar surface area (TPSA) is 103 Å². The zero-order chi connectivity index (χ0) is 19.4. The van der Waals surface area contributed by atoms with Crippen LogP contribution in [0.1, 0.15) is 19.3 Å². The Morgan fingerprint density at radius 1 is 1.33 bits per heavy atom. The molecule has 2 aromatic rings. The van der Waals surface area contributed by atoms with Crippen LogP contribution >= 0.6 is 11.6 Å². The maximum Gasteiger partial charge on any atom is 0.290 e. The number of nitrogens with one attached hydrogen (secondary N) is 1. The van der Waals surface area contributed by atoms with E-state index in [-0.39, 0.29) is 12.4 Å². The number of rotatable bonds is 1. The Morgan fingerprint density at radius 2 is 2.11 bits per heavy atom. The van der Waals surface area contributed by atoms with Crippen molar-refractivity contribution in [2.75, 3.05) is 24.5 Å². The van der Waals surface area contributed by atoms with Crippen LogP contribution in [0.3, 0.4) is 0 Å². The van der Waals surface area contributed by atoms with Crippen LogP contribution in [0, 0.1) is 5.41 Å². The number of amides is 1. The van der Waals surface area contributed by atoms with E-state index in [0.717, 1.165) is 29.6 Å². The Kier molecular flexibility index (Phi) is 5.82. The van der Waals surface area contributed by atoms with Gasteiger partial charge in [-0.2, -0.15) is 0 Å². The normalized spacial score (nSPS) is 24.9. The highest BCUT2D eigenvalue weighted by Gasteiger charge is 2.50. The molecule has 2 aliphatic heterocycles. The third-order valence-corrected chi connectivity index (χ3v) is 5.52. The number of hydrogen-bond donors (Lipinski definition) is 3. The third-order valence-electron chi connectivity index (χ3n) is 5.28. The van der Waals surface area contributed by atoms with E-state index in [4.69, 9.17) is 26.5 Å². The van der Waals surface area contributed by atoms with Crippen LogP contribution in [-0.4, -0.2) is 53.3 Å². The number of benzene rings is 1. The Morgan fingerprint density at radius 3 is 2.85 bits per heavy atom. The van der Waals surface area contributed by atoms with Gasteiger partial charge in [0, 0.05) is 30.0 Å². The van der Waals surface area contributed by atoms with E-state index in [1.165, 1.54) is 0 Å². The van der Waals surface area contributed by atoms with Crippen LogP contribution in [0.15, 0.2) is 30.3 Å². The first-order valence-electron chi connectivity index (χ1n) is 8.85. The van der Waals surface area contributed by atoms with Crippen LogP contribution in [0.25, 0.3) is 10.9 Å². The molecular weight excluding hydrogens is 370 g/mol. The van der Waals surface area contributed by atoms with Gasteiger partial charge in [-0.25, -0.2) is 4.98 Å². The van der Waals surface area contributed by atoms with E-state index in [0.29, 0.717) is 31.1 Å². The molecule has 2 aliphatic rings. The molecule has 27 heavy (non-hydrogen) atoms. The molecule has 1 aromatic heterocycles.